The van der Waals surface area contributed by atoms with E-state index in [2.05, 4.69) is 15.2 Å². The first-order chi connectivity index (χ1) is 12.6. The van der Waals surface area contributed by atoms with E-state index in [1.54, 1.807) is 37.4 Å². The normalized spacial score (nSPS) is 15.4. The van der Waals surface area contributed by atoms with Gasteiger partial charge in [-0.15, -0.1) is 0 Å². The second-order valence-electron chi connectivity index (χ2n) is 6.06. The number of benzene rings is 1. The lowest BCUT2D eigenvalue weighted by atomic mass is 10.2. The van der Waals surface area contributed by atoms with Crippen molar-refractivity contribution in [2.45, 2.75) is 19.6 Å². The summed E-state index contributed by atoms with van der Waals surface area (Å²) in [6, 6.07) is 10.9. The van der Waals surface area contributed by atoms with Crippen LogP contribution in [0.15, 0.2) is 42.6 Å². The Morgan fingerprint density at radius 3 is 2.65 bits per heavy atom. The first kappa shape index (κ1) is 18.5. The molecule has 0 bridgehead atoms. The molecule has 0 radical (unpaired) electrons. The predicted molar refractivity (Wildman–Crippen MR) is 101 cm³/mol. The molecule has 1 amide bonds. The van der Waals surface area contributed by atoms with Gasteiger partial charge in [-0.3, -0.25) is 4.79 Å². The molecule has 0 saturated carbocycles. The Kier molecular flexibility index (Phi) is 6.30. The Morgan fingerprint density at radius 1 is 1.27 bits per heavy atom. The van der Waals surface area contributed by atoms with Gasteiger partial charge in [0.05, 0.1) is 13.2 Å². The fourth-order valence-electron chi connectivity index (χ4n) is 2.60. The van der Waals surface area contributed by atoms with Crippen molar-refractivity contribution < 1.29 is 14.3 Å². The van der Waals surface area contributed by atoms with Crippen molar-refractivity contribution in [3.63, 3.8) is 0 Å². The molecular weight excluding hydrogens is 354 g/mol. The lowest BCUT2D eigenvalue weighted by molar-refractivity contribution is -0.127. The Balaban J connectivity index is 1.48. The van der Waals surface area contributed by atoms with Gasteiger partial charge in [-0.1, -0.05) is 17.7 Å². The van der Waals surface area contributed by atoms with E-state index in [4.69, 9.17) is 21.1 Å². The summed E-state index contributed by atoms with van der Waals surface area (Å²) in [5.41, 5.74) is 0.939. The molecule has 0 spiro atoms. The third-order valence-corrected chi connectivity index (χ3v) is 4.36. The molecule has 1 saturated heterocycles. The number of halogens is 1. The second-order valence-corrected chi connectivity index (χ2v) is 6.49. The highest BCUT2D eigenvalue weighted by atomic mass is 35.5. The van der Waals surface area contributed by atoms with E-state index < -0.39 is 6.10 Å². The van der Waals surface area contributed by atoms with Crippen LogP contribution >= 0.6 is 11.6 Å². The van der Waals surface area contributed by atoms with Crippen LogP contribution < -0.4 is 15.0 Å². The first-order valence-electron chi connectivity index (χ1n) is 8.59. The molecule has 1 aromatic carbocycles. The van der Waals surface area contributed by atoms with E-state index in [1.165, 1.54) is 0 Å². The predicted octanol–water partition coefficient (Wildman–Crippen LogP) is 2.66. The van der Waals surface area contributed by atoms with Crippen LogP contribution in [0.1, 0.15) is 12.5 Å². The zero-order valence-corrected chi connectivity index (χ0v) is 15.4. The van der Waals surface area contributed by atoms with Gasteiger partial charge >= 0.3 is 0 Å². The smallest absolute Gasteiger partial charge is 0.261 e. The number of aromatic nitrogens is 1. The number of anilines is 1. The topological polar surface area (TPSA) is 63.7 Å². The molecule has 0 aliphatic carbocycles. The number of nitrogens with zero attached hydrogens (tertiary/aromatic N) is 2. The Bertz CT molecular complexity index is 716. The maximum absolute atomic E-state index is 12.2. The molecule has 1 atom stereocenters. The van der Waals surface area contributed by atoms with Gasteiger partial charge in [0.25, 0.3) is 5.91 Å². The number of hydrogen-bond donors (Lipinski definition) is 1. The molecule has 3 rings (SSSR count). The highest BCUT2D eigenvalue weighted by Crippen LogP contribution is 2.17. The highest BCUT2D eigenvalue weighted by Gasteiger charge is 2.15. The maximum atomic E-state index is 12.2. The number of rotatable bonds is 6. The number of morpholine rings is 1. The van der Waals surface area contributed by atoms with Crippen LogP contribution in [-0.2, 0) is 16.1 Å². The minimum absolute atomic E-state index is 0.183. The monoisotopic (exact) mass is 375 g/mol. The van der Waals surface area contributed by atoms with Gasteiger partial charge in [0.1, 0.15) is 11.6 Å². The fourth-order valence-corrected chi connectivity index (χ4v) is 2.73. The summed E-state index contributed by atoms with van der Waals surface area (Å²) in [6.45, 7) is 5.27. The minimum Gasteiger partial charge on any atom is -0.481 e. The molecule has 1 aliphatic heterocycles. The van der Waals surface area contributed by atoms with Crippen LogP contribution in [-0.4, -0.2) is 43.3 Å². The molecule has 2 heterocycles. The number of carbonyl (C=O) groups excluding carboxylic acids is 1. The average Bonchev–Trinajstić information content (AvgIpc) is 2.69. The average molecular weight is 376 g/mol. The first-order valence-corrected chi connectivity index (χ1v) is 8.97. The van der Waals surface area contributed by atoms with E-state index in [1.807, 2.05) is 12.1 Å². The zero-order chi connectivity index (χ0) is 18.4. The van der Waals surface area contributed by atoms with Crippen molar-refractivity contribution >= 4 is 23.3 Å². The third-order valence-electron chi connectivity index (χ3n) is 4.11. The number of nitrogens with one attached hydrogen (secondary N) is 1. The van der Waals surface area contributed by atoms with Gasteiger partial charge in [0, 0.05) is 30.9 Å². The zero-order valence-electron chi connectivity index (χ0n) is 14.7. The molecule has 1 N–H and O–H groups in total. The number of hydrogen-bond acceptors (Lipinski definition) is 5. The largest absolute Gasteiger partial charge is 0.481 e. The van der Waals surface area contributed by atoms with E-state index in [0.717, 1.165) is 37.7 Å². The molecule has 7 heteroatoms. The summed E-state index contributed by atoms with van der Waals surface area (Å²) in [5.74, 6) is 1.36. The van der Waals surface area contributed by atoms with Crippen LogP contribution in [0.2, 0.25) is 5.02 Å². The molecule has 1 unspecified atom stereocenters. The molecular formula is C19H22ClN3O3. The van der Waals surface area contributed by atoms with Crippen molar-refractivity contribution in [1.82, 2.24) is 10.3 Å². The van der Waals surface area contributed by atoms with Crippen LogP contribution in [0.3, 0.4) is 0 Å². The Labute approximate surface area is 158 Å². The molecule has 2 aromatic rings. The molecule has 138 valence electrons. The van der Waals surface area contributed by atoms with Crippen molar-refractivity contribution in [2.75, 3.05) is 31.2 Å². The Morgan fingerprint density at radius 2 is 2.00 bits per heavy atom. The van der Waals surface area contributed by atoms with Gasteiger partial charge in [0.15, 0.2) is 6.10 Å². The van der Waals surface area contributed by atoms with Crippen LogP contribution in [0, 0.1) is 0 Å². The summed E-state index contributed by atoms with van der Waals surface area (Å²) >= 11 is 5.84. The van der Waals surface area contributed by atoms with E-state index >= 15 is 0 Å². The van der Waals surface area contributed by atoms with Crippen LogP contribution in [0.25, 0.3) is 0 Å². The summed E-state index contributed by atoms with van der Waals surface area (Å²) in [7, 11) is 0. The van der Waals surface area contributed by atoms with E-state index in [0.29, 0.717) is 17.3 Å². The second kappa shape index (κ2) is 8.87. The molecule has 26 heavy (non-hydrogen) atoms. The molecule has 6 nitrogen and oxygen atoms in total. The van der Waals surface area contributed by atoms with Gasteiger partial charge in [-0.05, 0) is 42.8 Å². The molecule has 1 aromatic heterocycles. The van der Waals surface area contributed by atoms with Gasteiger partial charge < -0.3 is 19.7 Å². The van der Waals surface area contributed by atoms with Crippen molar-refractivity contribution in [3.05, 3.63) is 53.2 Å². The Hall–Kier alpha value is -2.31. The van der Waals surface area contributed by atoms with Crippen molar-refractivity contribution in [3.8, 4) is 5.75 Å². The SMILES string of the molecule is CC(Oc1ccc(Cl)cc1)C(=O)NCc1ccc(N2CCOCC2)nc1. The summed E-state index contributed by atoms with van der Waals surface area (Å²) < 4.78 is 11.0. The van der Waals surface area contributed by atoms with E-state index in [9.17, 15) is 4.79 Å². The standard InChI is InChI=1S/C19H22ClN3O3/c1-14(26-17-5-3-16(20)4-6-17)19(24)22-13-15-2-7-18(21-12-15)23-8-10-25-11-9-23/h2-7,12,14H,8-11,13H2,1H3,(H,22,24). The number of ether oxygens (including phenoxy) is 2. The number of pyridine rings is 1. The summed E-state index contributed by atoms with van der Waals surface area (Å²) in [6.07, 6.45) is 1.19. The third kappa shape index (κ3) is 5.09. The van der Waals surface area contributed by atoms with Crippen molar-refractivity contribution in [1.29, 1.82) is 0 Å². The summed E-state index contributed by atoms with van der Waals surface area (Å²) in [5, 5.41) is 3.49. The minimum atomic E-state index is -0.600. The number of carbonyl (C=O) groups is 1. The highest BCUT2D eigenvalue weighted by molar-refractivity contribution is 6.30. The van der Waals surface area contributed by atoms with Gasteiger partial charge in [-0.25, -0.2) is 4.98 Å². The molecule has 1 aliphatic rings. The maximum Gasteiger partial charge on any atom is 0.261 e. The molecule has 1 fully saturated rings. The lowest BCUT2D eigenvalue weighted by Gasteiger charge is -2.27. The van der Waals surface area contributed by atoms with Crippen LogP contribution in [0.4, 0.5) is 5.82 Å². The van der Waals surface area contributed by atoms with Crippen molar-refractivity contribution in [2.24, 2.45) is 0 Å². The number of amides is 1. The van der Waals surface area contributed by atoms with Gasteiger partial charge in [0.2, 0.25) is 0 Å². The fraction of sp³-hybridized carbons (Fsp3) is 0.368. The lowest BCUT2D eigenvalue weighted by Crippen LogP contribution is -2.37. The summed E-state index contributed by atoms with van der Waals surface area (Å²) in [4.78, 5) is 18.9. The quantitative estimate of drug-likeness (QED) is 0.841. The van der Waals surface area contributed by atoms with Gasteiger partial charge in [-0.2, -0.15) is 0 Å². The van der Waals surface area contributed by atoms with Crippen LogP contribution in [0.5, 0.6) is 5.75 Å². The van der Waals surface area contributed by atoms with E-state index in [-0.39, 0.29) is 5.91 Å².